The number of aliphatic carboxylic acids is 1. The van der Waals surface area contributed by atoms with Crippen molar-refractivity contribution in [1.82, 2.24) is 4.98 Å². The number of nitrogens with zero attached hydrogens (tertiary/aromatic N) is 2. The summed E-state index contributed by atoms with van der Waals surface area (Å²) in [4.78, 5) is 16.5. The van der Waals surface area contributed by atoms with Gasteiger partial charge in [-0.05, 0) is 19.1 Å². The van der Waals surface area contributed by atoms with Crippen LogP contribution in [0.4, 0.5) is 5.69 Å². The zero-order valence-corrected chi connectivity index (χ0v) is 9.85. The lowest BCUT2D eigenvalue weighted by molar-refractivity contribution is -0.133. The van der Waals surface area contributed by atoms with Gasteiger partial charge in [0, 0.05) is 18.3 Å². The summed E-state index contributed by atoms with van der Waals surface area (Å²) in [5, 5.41) is 19.3. The van der Waals surface area contributed by atoms with Crippen molar-refractivity contribution in [1.29, 1.82) is 0 Å². The second-order valence-corrected chi connectivity index (χ2v) is 4.02. The predicted molar refractivity (Wildman–Crippen MR) is 63.9 cm³/mol. The highest BCUT2D eigenvalue weighted by atomic mass is 35.5. The van der Waals surface area contributed by atoms with Crippen LogP contribution >= 0.6 is 11.6 Å². The standard InChI is InChI=1S/C11H11ClN2O3/c1-2-14-8-4-9(12)13-5-6(8)3-7(10(14)15)11(16)17/h3-5,10,15H,2H2,1H3,(H,16,17). The van der Waals surface area contributed by atoms with E-state index in [9.17, 15) is 9.90 Å². The number of hydrogen-bond donors (Lipinski definition) is 2. The van der Waals surface area contributed by atoms with Gasteiger partial charge in [0.25, 0.3) is 0 Å². The average Bonchev–Trinajstić information content (AvgIpc) is 2.28. The van der Waals surface area contributed by atoms with Crippen molar-refractivity contribution in [3.05, 3.63) is 28.6 Å². The van der Waals surface area contributed by atoms with Crippen LogP contribution in [0.1, 0.15) is 12.5 Å². The van der Waals surface area contributed by atoms with Gasteiger partial charge in [-0.2, -0.15) is 0 Å². The van der Waals surface area contributed by atoms with E-state index in [0.29, 0.717) is 22.9 Å². The van der Waals surface area contributed by atoms with Crippen LogP contribution in [0.2, 0.25) is 5.15 Å². The van der Waals surface area contributed by atoms with Crippen LogP contribution in [0.5, 0.6) is 0 Å². The van der Waals surface area contributed by atoms with Crippen molar-refractivity contribution in [2.75, 3.05) is 11.4 Å². The minimum absolute atomic E-state index is 0.0662. The Morgan fingerprint density at radius 3 is 2.94 bits per heavy atom. The molecule has 90 valence electrons. The van der Waals surface area contributed by atoms with E-state index in [2.05, 4.69) is 4.98 Å². The van der Waals surface area contributed by atoms with Gasteiger partial charge in [-0.15, -0.1) is 0 Å². The van der Waals surface area contributed by atoms with Crippen LogP contribution in [0.3, 0.4) is 0 Å². The molecule has 2 rings (SSSR count). The summed E-state index contributed by atoms with van der Waals surface area (Å²) >= 11 is 5.79. The zero-order chi connectivity index (χ0) is 12.6. The molecule has 2 heterocycles. The molecular weight excluding hydrogens is 244 g/mol. The molecule has 1 unspecified atom stereocenters. The molecule has 0 saturated heterocycles. The molecule has 1 atom stereocenters. The highest BCUT2D eigenvalue weighted by Gasteiger charge is 2.29. The summed E-state index contributed by atoms with van der Waals surface area (Å²) in [5.41, 5.74) is 1.26. The van der Waals surface area contributed by atoms with Crippen molar-refractivity contribution in [2.45, 2.75) is 13.2 Å². The number of pyridine rings is 1. The molecule has 0 fully saturated rings. The van der Waals surface area contributed by atoms with Gasteiger partial charge < -0.3 is 15.1 Å². The SMILES string of the molecule is CCN1c2cc(Cl)ncc2C=C(C(=O)O)C1O. The molecule has 0 bridgehead atoms. The van der Waals surface area contributed by atoms with E-state index in [1.165, 1.54) is 12.3 Å². The normalized spacial score (nSPS) is 18.6. The van der Waals surface area contributed by atoms with Gasteiger partial charge in [0.2, 0.25) is 0 Å². The summed E-state index contributed by atoms with van der Waals surface area (Å²) < 4.78 is 0. The molecule has 2 N–H and O–H groups in total. The van der Waals surface area contributed by atoms with E-state index < -0.39 is 12.2 Å². The Labute approximate surface area is 103 Å². The Balaban J connectivity index is 2.59. The van der Waals surface area contributed by atoms with Crippen molar-refractivity contribution in [3.8, 4) is 0 Å². The number of carbonyl (C=O) groups is 1. The number of aliphatic hydroxyl groups excluding tert-OH is 1. The van der Waals surface area contributed by atoms with Gasteiger partial charge in [0.15, 0.2) is 6.23 Å². The first-order valence-corrected chi connectivity index (χ1v) is 5.47. The number of fused-ring (bicyclic) bond motifs is 1. The molecule has 1 aromatic heterocycles. The van der Waals surface area contributed by atoms with Crippen molar-refractivity contribution >= 4 is 29.3 Å². The molecule has 6 heteroatoms. The highest BCUT2D eigenvalue weighted by molar-refractivity contribution is 6.29. The number of aliphatic hydroxyl groups is 1. The quantitative estimate of drug-likeness (QED) is 0.780. The van der Waals surface area contributed by atoms with Crippen LogP contribution < -0.4 is 4.90 Å². The number of carboxylic acid groups (broad SMARTS) is 1. The number of likely N-dealkylation sites (N-methyl/N-ethyl adjacent to an activating group) is 1. The fourth-order valence-corrected chi connectivity index (χ4v) is 2.00. The summed E-state index contributed by atoms with van der Waals surface area (Å²) in [6, 6.07) is 1.61. The average molecular weight is 255 g/mol. The van der Waals surface area contributed by atoms with Gasteiger partial charge in [0.1, 0.15) is 5.15 Å². The first-order valence-electron chi connectivity index (χ1n) is 5.09. The molecule has 0 aliphatic carbocycles. The van der Waals surface area contributed by atoms with Crippen LogP contribution in [0.15, 0.2) is 17.8 Å². The lowest BCUT2D eigenvalue weighted by Gasteiger charge is -2.33. The van der Waals surface area contributed by atoms with Gasteiger partial charge in [0.05, 0.1) is 11.3 Å². The molecule has 17 heavy (non-hydrogen) atoms. The lowest BCUT2D eigenvalue weighted by Crippen LogP contribution is -2.41. The molecule has 1 aliphatic rings. The minimum Gasteiger partial charge on any atom is -0.478 e. The maximum Gasteiger partial charge on any atom is 0.336 e. The Kier molecular flexibility index (Phi) is 3.04. The fraction of sp³-hybridized carbons (Fsp3) is 0.273. The van der Waals surface area contributed by atoms with E-state index in [1.54, 1.807) is 11.0 Å². The topological polar surface area (TPSA) is 73.7 Å². The monoisotopic (exact) mass is 254 g/mol. The molecule has 0 amide bonds. The van der Waals surface area contributed by atoms with Crippen LogP contribution in [0, 0.1) is 0 Å². The molecular formula is C11H11ClN2O3. The first-order chi connectivity index (χ1) is 8.04. The fourth-order valence-electron chi connectivity index (χ4n) is 1.85. The Morgan fingerprint density at radius 2 is 2.35 bits per heavy atom. The summed E-state index contributed by atoms with van der Waals surface area (Å²) in [6.07, 6.45) is 1.75. The third-order valence-electron chi connectivity index (χ3n) is 2.66. The van der Waals surface area contributed by atoms with Gasteiger partial charge in [-0.1, -0.05) is 11.6 Å². The smallest absolute Gasteiger partial charge is 0.336 e. The van der Waals surface area contributed by atoms with Crippen molar-refractivity contribution in [2.24, 2.45) is 0 Å². The van der Waals surface area contributed by atoms with E-state index in [4.69, 9.17) is 16.7 Å². The van der Waals surface area contributed by atoms with Crippen LogP contribution in [0.25, 0.3) is 6.08 Å². The number of rotatable bonds is 2. The summed E-state index contributed by atoms with van der Waals surface area (Å²) in [7, 11) is 0. The minimum atomic E-state index is -1.16. The number of aromatic nitrogens is 1. The summed E-state index contributed by atoms with van der Waals surface area (Å²) in [5.74, 6) is -1.14. The molecule has 1 aromatic rings. The van der Waals surface area contributed by atoms with Crippen molar-refractivity contribution in [3.63, 3.8) is 0 Å². The number of halogens is 1. The van der Waals surface area contributed by atoms with Crippen molar-refractivity contribution < 1.29 is 15.0 Å². The number of anilines is 1. The molecule has 1 aliphatic heterocycles. The third-order valence-corrected chi connectivity index (χ3v) is 2.87. The van der Waals surface area contributed by atoms with E-state index in [1.807, 2.05) is 6.92 Å². The number of hydrogen-bond acceptors (Lipinski definition) is 4. The molecule has 0 aromatic carbocycles. The molecule has 0 radical (unpaired) electrons. The summed E-state index contributed by atoms with van der Waals surface area (Å²) in [6.45, 7) is 2.30. The second-order valence-electron chi connectivity index (χ2n) is 3.63. The Hall–Kier alpha value is -1.59. The number of carboxylic acids is 1. The maximum absolute atomic E-state index is 11.0. The Bertz CT molecular complexity index is 501. The largest absolute Gasteiger partial charge is 0.478 e. The second kappa shape index (κ2) is 4.35. The van der Waals surface area contributed by atoms with Gasteiger partial charge >= 0.3 is 5.97 Å². The van der Waals surface area contributed by atoms with Crippen LogP contribution in [-0.2, 0) is 4.79 Å². The predicted octanol–water partition coefficient (Wildman–Crippen LogP) is 1.36. The lowest BCUT2D eigenvalue weighted by atomic mass is 10.0. The molecule has 0 saturated carbocycles. The zero-order valence-electron chi connectivity index (χ0n) is 9.09. The molecule has 5 nitrogen and oxygen atoms in total. The van der Waals surface area contributed by atoms with E-state index >= 15 is 0 Å². The Morgan fingerprint density at radius 1 is 1.65 bits per heavy atom. The highest BCUT2D eigenvalue weighted by Crippen LogP contribution is 2.32. The van der Waals surface area contributed by atoms with E-state index in [0.717, 1.165) is 0 Å². The molecule has 0 spiro atoms. The third kappa shape index (κ3) is 1.99. The van der Waals surface area contributed by atoms with E-state index in [-0.39, 0.29) is 5.57 Å². The first kappa shape index (κ1) is 11.9. The van der Waals surface area contributed by atoms with Gasteiger partial charge in [-0.25, -0.2) is 9.78 Å². The maximum atomic E-state index is 11.0. The van der Waals surface area contributed by atoms with Crippen LogP contribution in [-0.4, -0.2) is 33.9 Å². The van der Waals surface area contributed by atoms with Gasteiger partial charge in [-0.3, -0.25) is 0 Å².